The van der Waals surface area contributed by atoms with Crippen LogP contribution in [0, 0.1) is 6.92 Å². The minimum absolute atomic E-state index is 0.00423. The first-order valence-electron chi connectivity index (χ1n) is 31.8. The lowest BCUT2D eigenvalue weighted by Crippen LogP contribution is -2.18. The molecule has 0 atom stereocenters. The quantitative estimate of drug-likeness (QED) is 0.0561. The average Bonchev–Trinajstić information content (AvgIpc) is 1.16. The maximum Gasteiger partial charge on any atom is 0.573 e. The highest BCUT2D eigenvalue weighted by Gasteiger charge is 2.35. The Bertz CT molecular complexity index is 6540. The first-order valence-corrected chi connectivity index (χ1v) is 40.1. The molecule has 0 amide bonds. The summed E-state index contributed by atoms with van der Waals surface area (Å²) in [5, 5.41) is 4.92. The van der Waals surface area contributed by atoms with Crippen molar-refractivity contribution in [3.8, 4) is 5.75 Å². The number of sulfonamides is 5. The molecule has 580 valence electrons. The lowest BCUT2D eigenvalue weighted by Gasteiger charge is -2.14. The summed E-state index contributed by atoms with van der Waals surface area (Å²) in [6.07, 6.45) is 0.483. The Kier molecular flexibility index (Phi) is 24.3. The molecule has 0 unspecified atom stereocenters. The maximum absolute atomic E-state index is 12.7. The predicted octanol–water partition coefficient (Wildman–Crippen LogP) is 14.9. The summed E-state index contributed by atoms with van der Waals surface area (Å²) >= 11 is 1.07. The number of pyridine rings is 8. The molecule has 42 heteroatoms. The van der Waals surface area contributed by atoms with Crippen molar-refractivity contribution in [2.45, 2.75) is 49.8 Å². The van der Waals surface area contributed by atoms with Crippen LogP contribution in [0.4, 0.5) is 68.0 Å². The molecule has 0 spiro atoms. The number of alkyl halides is 9. The van der Waals surface area contributed by atoms with E-state index in [9.17, 15) is 81.6 Å². The Hall–Kier alpha value is -12.8. The summed E-state index contributed by atoms with van der Waals surface area (Å²) in [5.74, 6) is -0.707. The smallest absolute Gasteiger partial charge is 0.406 e. The third-order valence-electron chi connectivity index (χ3n) is 14.9. The van der Waals surface area contributed by atoms with E-state index in [2.05, 4.69) is 78.4 Å². The Balaban J connectivity index is 0.000000141. The van der Waals surface area contributed by atoms with E-state index in [-0.39, 0.29) is 36.7 Å². The standard InChI is InChI=1S/C16H9F6N3O3S.C15H10F3N3O2S.C15H13N3O2S.C13H10N4O2S.C12H9N3O2S2/c17-15(18,19)13-4-3-11(8-24-13)29(26,27)25-12-7-10(28-16(20,21)22)6-9-2-1-5-23-14(9)12;16-15(17,18)11-7-12(9-19-8-11)24(22,23)21-13-5-1-3-10-4-2-6-20-14(10)13;1-11-5-2-9-14(17-11)21(19,20)18-13-8-3-6-12-7-4-10-16-15(12)13;18-20(19,12-9-14-7-8-15-12)17-11-5-1-3-10-4-2-6-16-13(10)11;16-19(17,12-14-7-8-18-12)15-10-5-1-3-9-4-2-6-13-11(9)10/h1-8,25H;1-9,21H;2-10,18H,1H3;1-9,17H;1-8,15H. The second kappa shape index (κ2) is 33.8. The SMILES string of the molecule is Cc1cccc(S(=O)(=O)Nc2cccc3cccnc23)n1.O=S(=O)(Nc1cc(OC(F)(F)F)cc2cccnc12)c1ccc(C(F)(F)F)nc1.O=S(=O)(Nc1cccc2cccnc12)c1cncc(C(F)(F)F)c1.O=S(=O)(Nc1cccc2cccnc12)c1cnccn1.O=S(=O)(Nc1cccc2cccnc12)c1nccs1. The molecule has 27 nitrogen and oxygen atoms in total. The first-order chi connectivity index (χ1) is 53.5. The number of para-hydroxylation sites is 4. The number of halogens is 9. The number of hydrogen-bond acceptors (Lipinski definition) is 23. The van der Waals surface area contributed by atoms with Crippen LogP contribution in [0.25, 0.3) is 54.5 Å². The van der Waals surface area contributed by atoms with Gasteiger partial charge in [0, 0.05) is 112 Å². The summed E-state index contributed by atoms with van der Waals surface area (Å²) in [7, 11) is -19.9. The Labute approximate surface area is 639 Å². The van der Waals surface area contributed by atoms with Crippen molar-refractivity contribution in [2.75, 3.05) is 23.6 Å². The van der Waals surface area contributed by atoms with Gasteiger partial charge in [-0.2, -0.15) is 51.6 Å². The van der Waals surface area contributed by atoms with Gasteiger partial charge in [-0.25, -0.2) is 31.8 Å². The molecule has 0 aliphatic rings. The Morgan fingerprint density at radius 2 is 0.788 bits per heavy atom. The zero-order valence-corrected chi connectivity index (χ0v) is 62.0. The monoisotopic (exact) mass is 1670 g/mol. The second-order valence-corrected chi connectivity index (χ2v) is 32.3. The van der Waals surface area contributed by atoms with Crippen molar-refractivity contribution in [3.05, 3.63) is 279 Å². The van der Waals surface area contributed by atoms with Crippen LogP contribution in [-0.4, -0.2) is 103 Å². The van der Waals surface area contributed by atoms with Crippen molar-refractivity contribution < 1.29 is 86.3 Å². The highest BCUT2D eigenvalue weighted by Crippen LogP contribution is 2.36. The van der Waals surface area contributed by atoms with E-state index >= 15 is 0 Å². The van der Waals surface area contributed by atoms with Crippen molar-refractivity contribution in [1.82, 2.24) is 54.8 Å². The Morgan fingerprint density at radius 1 is 0.345 bits per heavy atom. The molecule has 0 aliphatic heterocycles. The Morgan fingerprint density at radius 3 is 1.22 bits per heavy atom. The molecule has 5 N–H and O–H groups in total. The summed E-state index contributed by atoms with van der Waals surface area (Å²) in [5.41, 5.74) is 1.53. The zero-order chi connectivity index (χ0) is 81.0. The van der Waals surface area contributed by atoms with Crippen LogP contribution in [0.3, 0.4) is 0 Å². The van der Waals surface area contributed by atoms with Gasteiger partial charge >= 0.3 is 18.7 Å². The number of nitrogens with zero attached hydrogens (tertiary/aromatic N) is 11. The van der Waals surface area contributed by atoms with Crippen LogP contribution < -0.4 is 28.3 Å². The average molecular weight is 1670 g/mol. The van der Waals surface area contributed by atoms with Crippen molar-refractivity contribution >= 4 is 144 Å². The second-order valence-electron chi connectivity index (χ2n) is 22.9. The maximum atomic E-state index is 12.7. The highest BCUT2D eigenvalue weighted by atomic mass is 32.2. The number of aryl methyl sites for hydroxylation is 1. The zero-order valence-electron chi connectivity index (χ0n) is 57.1. The van der Waals surface area contributed by atoms with Crippen LogP contribution in [0.15, 0.2) is 286 Å². The molecule has 0 saturated carbocycles. The molecule has 10 aromatic heterocycles. The van der Waals surface area contributed by atoms with E-state index in [0.717, 1.165) is 45.8 Å². The molecular formula is C71H51F9N16O11S6. The van der Waals surface area contributed by atoms with Gasteiger partial charge in [-0.3, -0.25) is 63.5 Å². The molecule has 0 bridgehead atoms. The van der Waals surface area contributed by atoms with Crippen LogP contribution in [0.5, 0.6) is 5.75 Å². The van der Waals surface area contributed by atoms with E-state index in [1.807, 2.05) is 47.2 Å². The van der Waals surface area contributed by atoms with Gasteiger partial charge in [0.05, 0.1) is 67.8 Å². The molecule has 0 saturated heterocycles. The van der Waals surface area contributed by atoms with Crippen LogP contribution in [0.1, 0.15) is 17.0 Å². The summed E-state index contributed by atoms with van der Waals surface area (Å²) in [6, 6.07) is 46.4. The number of anilines is 5. The van der Waals surface area contributed by atoms with Gasteiger partial charge in [0.25, 0.3) is 50.1 Å². The predicted molar refractivity (Wildman–Crippen MR) is 401 cm³/mol. The van der Waals surface area contributed by atoms with Crippen molar-refractivity contribution in [2.24, 2.45) is 0 Å². The lowest BCUT2D eigenvalue weighted by atomic mass is 10.2. The van der Waals surface area contributed by atoms with Crippen LogP contribution in [0.2, 0.25) is 0 Å². The topological polar surface area (TPSA) is 382 Å². The van der Waals surface area contributed by atoms with Gasteiger partial charge in [0.15, 0.2) is 10.1 Å². The van der Waals surface area contributed by atoms with Gasteiger partial charge < -0.3 is 4.74 Å². The molecule has 0 radical (unpaired) electrons. The van der Waals surface area contributed by atoms with Gasteiger partial charge in [0.1, 0.15) is 21.2 Å². The van der Waals surface area contributed by atoms with E-state index in [0.29, 0.717) is 80.8 Å². The van der Waals surface area contributed by atoms with E-state index in [1.165, 1.54) is 61.4 Å². The molecule has 15 rings (SSSR count). The molecule has 0 aliphatic carbocycles. The van der Waals surface area contributed by atoms with Gasteiger partial charge in [-0.1, -0.05) is 84.9 Å². The number of aromatic nitrogens is 11. The van der Waals surface area contributed by atoms with E-state index < -0.39 is 95.6 Å². The number of fused-ring (bicyclic) bond motifs is 5. The first kappa shape index (κ1) is 81.2. The molecule has 0 fully saturated rings. The summed E-state index contributed by atoms with van der Waals surface area (Å²) in [6.45, 7) is 1.75. The molecule has 113 heavy (non-hydrogen) atoms. The molecule has 15 aromatic rings. The molecule has 5 aromatic carbocycles. The lowest BCUT2D eigenvalue weighted by molar-refractivity contribution is -0.274. The number of hydrogen-bond donors (Lipinski definition) is 5. The van der Waals surface area contributed by atoms with Gasteiger partial charge in [0.2, 0.25) is 4.34 Å². The molecule has 10 heterocycles. The fourth-order valence-electron chi connectivity index (χ4n) is 10.0. The third-order valence-corrected chi connectivity index (χ3v) is 22.7. The van der Waals surface area contributed by atoms with Crippen molar-refractivity contribution in [1.29, 1.82) is 0 Å². The number of nitrogens with one attached hydrogen (secondary N) is 5. The minimum atomic E-state index is -5.02. The van der Waals surface area contributed by atoms with Crippen molar-refractivity contribution in [3.63, 3.8) is 0 Å². The normalized spacial score (nSPS) is 12.0. The molecular weight excluding hydrogens is 1620 g/mol. The van der Waals surface area contributed by atoms with Crippen LogP contribution >= 0.6 is 11.3 Å². The summed E-state index contributed by atoms with van der Waals surface area (Å²) in [4.78, 5) is 41.3. The number of benzene rings is 5. The van der Waals surface area contributed by atoms with E-state index in [1.54, 1.807) is 116 Å². The van der Waals surface area contributed by atoms with Gasteiger partial charge in [-0.05, 0) is 97.9 Å². The third kappa shape index (κ3) is 21.0. The van der Waals surface area contributed by atoms with E-state index in [4.69, 9.17) is 0 Å². The minimum Gasteiger partial charge on any atom is -0.406 e. The highest BCUT2D eigenvalue weighted by molar-refractivity contribution is 7.94. The number of rotatable bonds is 16. The number of ether oxygens (including phenoxy) is 1. The van der Waals surface area contributed by atoms with Gasteiger partial charge in [-0.15, -0.1) is 24.5 Å². The number of thiazole rings is 1. The summed E-state index contributed by atoms with van der Waals surface area (Å²) < 4.78 is 252. The fourth-order valence-corrected chi connectivity index (χ4v) is 16.0. The fraction of sp³-hybridized carbons (Fsp3) is 0.0563. The van der Waals surface area contributed by atoms with Crippen LogP contribution in [-0.2, 0) is 62.5 Å². The largest absolute Gasteiger partial charge is 0.573 e.